The second kappa shape index (κ2) is 6.14. The van der Waals surface area contributed by atoms with Gasteiger partial charge in [-0.25, -0.2) is 4.79 Å². The predicted molar refractivity (Wildman–Crippen MR) is 68.1 cm³/mol. The summed E-state index contributed by atoms with van der Waals surface area (Å²) in [4.78, 5) is 25.6. The van der Waals surface area contributed by atoms with Crippen molar-refractivity contribution in [1.82, 2.24) is 4.90 Å². The monoisotopic (exact) mass is 251 g/mol. The maximum absolute atomic E-state index is 12.0. The lowest BCUT2D eigenvalue weighted by Crippen LogP contribution is -2.47. The molecule has 0 amide bonds. The van der Waals surface area contributed by atoms with Gasteiger partial charge in [0, 0.05) is 18.0 Å². The van der Waals surface area contributed by atoms with Gasteiger partial charge in [0.2, 0.25) is 0 Å². The summed E-state index contributed by atoms with van der Waals surface area (Å²) in [7, 11) is 0. The third-order valence-corrected chi connectivity index (χ3v) is 3.89. The fourth-order valence-electron chi connectivity index (χ4n) is 2.78. The highest BCUT2D eigenvalue weighted by molar-refractivity contribution is 5.97. The van der Waals surface area contributed by atoms with Gasteiger partial charge in [-0.1, -0.05) is 0 Å². The van der Waals surface area contributed by atoms with Crippen LogP contribution in [0.15, 0.2) is 12.2 Å². The molecule has 4 heteroatoms. The van der Waals surface area contributed by atoms with Gasteiger partial charge in [-0.15, -0.1) is 0 Å². The minimum absolute atomic E-state index is 0.0804. The molecule has 2 aliphatic rings. The summed E-state index contributed by atoms with van der Waals surface area (Å²) in [6, 6.07) is 0.595. The van der Waals surface area contributed by atoms with Gasteiger partial charge in [0.05, 0.1) is 6.61 Å². The van der Waals surface area contributed by atoms with Crippen molar-refractivity contribution in [2.75, 3.05) is 19.7 Å². The Morgan fingerprint density at radius 3 is 2.78 bits per heavy atom. The van der Waals surface area contributed by atoms with E-state index >= 15 is 0 Å². The zero-order chi connectivity index (χ0) is 13.0. The van der Waals surface area contributed by atoms with E-state index in [-0.39, 0.29) is 11.7 Å². The molecule has 0 aromatic rings. The van der Waals surface area contributed by atoms with E-state index in [0.29, 0.717) is 12.6 Å². The number of hydrogen-bond donors (Lipinski definition) is 0. The third-order valence-electron chi connectivity index (χ3n) is 3.89. The number of allylic oxidation sites excluding steroid dienone is 1. The fraction of sp³-hybridized carbons (Fsp3) is 0.714. The van der Waals surface area contributed by atoms with Crippen LogP contribution in [0, 0.1) is 5.92 Å². The quantitative estimate of drug-likeness (QED) is 0.562. The van der Waals surface area contributed by atoms with Gasteiger partial charge in [0.1, 0.15) is 0 Å². The van der Waals surface area contributed by atoms with Crippen LogP contribution < -0.4 is 0 Å². The van der Waals surface area contributed by atoms with Crippen molar-refractivity contribution in [2.45, 2.75) is 38.6 Å². The first-order chi connectivity index (χ1) is 8.70. The van der Waals surface area contributed by atoms with Crippen LogP contribution in [0.2, 0.25) is 0 Å². The first-order valence-electron chi connectivity index (χ1n) is 6.83. The highest BCUT2D eigenvalue weighted by atomic mass is 16.5. The van der Waals surface area contributed by atoms with Crippen LogP contribution in [0.25, 0.3) is 0 Å². The summed E-state index contributed by atoms with van der Waals surface area (Å²) < 4.78 is 4.77. The lowest BCUT2D eigenvalue weighted by molar-refractivity contribution is -0.137. The molecule has 18 heavy (non-hydrogen) atoms. The highest BCUT2D eigenvalue weighted by Gasteiger charge is 2.34. The first kappa shape index (κ1) is 13.3. The van der Waals surface area contributed by atoms with E-state index in [0.717, 1.165) is 25.8 Å². The maximum Gasteiger partial charge on any atom is 0.330 e. The van der Waals surface area contributed by atoms with E-state index in [1.165, 1.54) is 25.1 Å². The van der Waals surface area contributed by atoms with E-state index in [9.17, 15) is 9.59 Å². The molecule has 2 saturated heterocycles. The Labute approximate surface area is 108 Å². The van der Waals surface area contributed by atoms with Crippen LogP contribution in [0.3, 0.4) is 0 Å². The molecule has 0 N–H and O–H groups in total. The molecule has 2 aliphatic heterocycles. The van der Waals surface area contributed by atoms with Crippen molar-refractivity contribution in [3.05, 3.63) is 12.2 Å². The van der Waals surface area contributed by atoms with Gasteiger partial charge < -0.3 is 9.64 Å². The van der Waals surface area contributed by atoms with Crippen LogP contribution in [0.1, 0.15) is 32.6 Å². The Balaban J connectivity index is 1.86. The lowest BCUT2D eigenvalue weighted by atomic mass is 9.89. The predicted octanol–water partition coefficient (Wildman–Crippen LogP) is 1.55. The molecule has 0 aliphatic carbocycles. The summed E-state index contributed by atoms with van der Waals surface area (Å²) in [6.45, 7) is 4.40. The Bertz CT molecular complexity index is 351. The number of ketones is 1. The molecule has 0 spiro atoms. The second-order valence-corrected chi connectivity index (χ2v) is 5.04. The van der Waals surface area contributed by atoms with E-state index in [1.807, 2.05) is 0 Å². The molecule has 2 atom stereocenters. The van der Waals surface area contributed by atoms with E-state index < -0.39 is 5.97 Å². The summed E-state index contributed by atoms with van der Waals surface area (Å²) in [5, 5.41) is 0. The van der Waals surface area contributed by atoms with Crippen molar-refractivity contribution in [3.63, 3.8) is 0 Å². The van der Waals surface area contributed by atoms with Crippen LogP contribution in [-0.2, 0) is 14.3 Å². The number of ether oxygens (including phenoxy) is 1. The average molecular weight is 251 g/mol. The van der Waals surface area contributed by atoms with Crippen molar-refractivity contribution < 1.29 is 14.3 Å². The van der Waals surface area contributed by atoms with Crippen molar-refractivity contribution in [2.24, 2.45) is 5.92 Å². The molecule has 2 rings (SSSR count). The zero-order valence-corrected chi connectivity index (χ0v) is 10.9. The molecule has 2 unspecified atom stereocenters. The maximum atomic E-state index is 12.0. The molecule has 0 aromatic heterocycles. The van der Waals surface area contributed by atoms with E-state index in [1.54, 1.807) is 6.92 Å². The zero-order valence-electron chi connectivity index (χ0n) is 10.9. The summed E-state index contributed by atoms with van der Waals surface area (Å²) >= 11 is 0. The summed E-state index contributed by atoms with van der Waals surface area (Å²) in [5.74, 6) is -0.257. The van der Waals surface area contributed by atoms with Crippen molar-refractivity contribution in [3.8, 4) is 0 Å². The molecular formula is C14H21NO3. The molecule has 100 valence electrons. The SMILES string of the molecule is CCOC(=O)/C=C/C(=O)C1CCCN2CCC2C1. The van der Waals surface area contributed by atoms with Crippen molar-refractivity contribution >= 4 is 11.8 Å². The smallest absolute Gasteiger partial charge is 0.330 e. The summed E-state index contributed by atoms with van der Waals surface area (Å²) in [5.41, 5.74) is 0. The molecule has 2 heterocycles. The standard InChI is InChI=1S/C14H21NO3/c1-2-18-14(17)6-5-13(16)11-4-3-8-15-9-7-12(15)10-11/h5-6,11-12H,2-4,7-10H2,1H3/b6-5+. The molecule has 2 fully saturated rings. The molecule has 0 radical (unpaired) electrons. The van der Waals surface area contributed by atoms with Gasteiger partial charge in [-0.2, -0.15) is 0 Å². The van der Waals surface area contributed by atoms with E-state index in [2.05, 4.69) is 4.90 Å². The molecular weight excluding hydrogens is 230 g/mol. The van der Waals surface area contributed by atoms with Crippen LogP contribution >= 0.6 is 0 Å². The topological polar surface area (TPSA) is 46.6 Å². The Hall–Kier alpha value is -1.16. The third kappa shape index (κ3) is 3.19. The number of rotatable bonds is 4. The minimum Gasteiger partial charge on any atom is -0.463 e. The average Bonchev–Trinajstić information content (AvgIpc) is 2.47. The van der Waals surface area contributed by atoms with Gasteiger partial charge in [0.15, 0.2) is 5.78 Å². The van der Waals surface area contributed by atoms with E-state index in [4.69, 9.17) is 4.74 Å². The normalized spacial score (nSPS) is 28.3. The number of nitrogens with zero attached hydrogens (tertiary/aromatic N) is 1. The number of fused-ring (bicyclic) bond motifs is 1. The summed E-state index contributed by atoms with van der Waals surface area (Å²) in [6.07, 6.45) is 6.85. The Morgan fingerprint density at radius 1 is 1.28 bits per heavy atom. The van der Waals surface area contributed by atoms with Crippen molar-refractivity contribution in [1.29, 1.82) is 0 Å². The van der Waals surface area contributed by atoms with Crippen LogP contribution in [0.4, 0.5) is 0 Å². The fourth-order valence-corrected chi connectivity index (χ4v) is 2.78. The Morgan fingerprint density at radius 2 is 2.11 bits per heavy atom. The lowest BCUT2D eigenvalue weighted by Gasteiger charge is -2.40. The van der Waals surface area contributed by atoms with Gasteiger partial charge >= 0.3 is 5.97 Å². The Kier molecular flexibility index (Phi) is 4.53. The molecule has 0 saturated carbocycles. The minimum atomic E-state index is -0.426. The number of carbonyl (C=O) groups is 2. The largest absolute Gasteiger partial charge is 0.463 e. The molecule has 0 bridgehead atoms. The number of esters is 1. The number of carbonyl (C=O) groups excluding carboxylic acids is 2. The van der Waals surface area contributed by atoms with Gasteiger partial charge in [-0.3, -0.25) is 4.79 Å². The molecule has 0 aromatic carbocycles. The molecule has 4 nitrogen and oxygen atoms in total. The van der Waals surface area contributed by atoms with Crippen LogP contribution in [-0.4, -0.2) is 42.4 Å². The van der Waals surface area contributed by atoms with Gasteiger partial charge in [-0.05, 0) is 51.8 Å². The second-order valence-electron chi connectivity index (χ2n) is 5.04. The van der Waals surface area contributed by atoms with Gasteiger partial charge in [0.25, 0.3) is 0 Å². The first-order valence-corrected chi connectivity index (χ1v) is 6.83. The highest BCUT2D eigenvalue weighted by Crippen LogP contribution is 2.30. The van der Waals surface area contributed by atoms with Crippen LogP contribution in [0.5, 0.6) is 0 Å². The number of hydrogen-bond acceptors (Lipinski definition) is 4.